The Labute approximate surface area is 118 Å². The van der Waals surface area contributed by atoms with Gasteiger partial charge in [-0.1, -0.05) is 19.9 Å². The molecule has 0 bridgehead atoms. The summed E-state index contributed by atoms with van der Waals surface area (Å²) in [5.41, 5.74) is 2.82. The van der Waals surface area contributed by atoms with Crippen molar-refractivity contribution in [2.24, 2.45) is 5.41 Å². The van der Waals surface area contributed by atoms with E-state index in [2.05, 4.69) is 13.8 Å². The molecule has 1 aromatic carbocycles. The molecular formula is C17H19NO2. The van der Waals surface area contributed by atoms with E-state index in [0.29, 0.717) is 13.0 Å². The van der Waals surface area contributed by atoms with Crippen molar-refractivity contribution in [1.82, 2.24) is 4.57 Å². The molecule has 0 radical (unpaired) electrons. The minimum absolute atomic E-state index is 0.0106. The minimum Gasteiger partial charge on any atom is -0.309 e. The lowest BCUT2D eigenvalue weighted by Crippen LogP contribution is -2.28. The summed E-state index contributed by atoms with van der Waals surface area (Å²) in [5, 5.41) is 0.921. The fraction of sp³-hybridized carbons (Fsp3) is 0.412. The standard InChI is InChI=1S/C17H19NO2/c1-4-18-13-7-5-11-9-17(2,3)10-14(19)16(11)12(13)6-8-15(18)20/h5-8H,4,9-10H2,1-3H3. The number of nitrogens with zero attached hydrogens (tertiary/aromatic N) is 1. The molecule has 3 rings (SSSR count). The number of carbonyl (C=O) groups excluding carboxylic acids is 1. The molecule has 0 N–H and O–H groups in total. The molecule has 0 saturated carbocycles. The van der Waals surface area contributed by atoms with Crippen LogP contribution in [0.5, 0.6) is 0 Å². The summed E-state index contributed by atoms with van der Waals surface area (Å²) in [7, 11) is 0. The van der Waals surface area contributed by atoms with Crippen molar-refractivity contribution in [3.8, 4) is 0 Å². The normalized spacial score (nSPS) is 17.2. The van der Waals surface area contributed by atoms with E-state index in [1.54, 1.807) is 16.7 Å². The van der Waals surface area contributed by atoms with E-state index in [-0.39, 0.29) is 16.8 Å². The zero-order valence-corrected chi connectivity index (χ0v) is 12.2. The largest absolute Gasteiger partial charge is 0.309 e. The molecule has 1 aliphatic rings. The predicted molar refractivity (Wildman–Crippen MR) is 80.3 cm³/mol. The third-order valence-corrected chi connectivity index (χ3v) is 4.16. The van der Waals surface area contributed by atoms with Crippen LogP contribution in [0.2, 0.25) is 0 Å². The highest BCUT2D eigenvalue weighted by Gasteiger charge is 2.32. The number of hydrogen-bond acceptors (Lipinski definition) is 2. The molecule has 3 nitrogen and oxygen atoms in total. The maximum absolute atomic E-state index is 12.5. The topological polar surface area (TPSA) is 39.1 Å². The van der Waals surface area contributed by atoms with Gasteiger partial charge in [0.15, 0.2) is 5.78 Å². The molecule has 104 valence electrons. The van der Waals surface area contributed by atoms with Crippen molar-refractivity contribution in [3.05, 3.63) is 45.7 Å². The minimum atomic E-state index is -0.0106. The number of rotatable bonds is 1. The molecule has 0 spiro atoms. The first-order chi connectivity index (χ1) is 9.43. The van der Waals surface area contributed by atoms with Gasteiger partial charge >= 0.3 is 0 Å². The molecule has 2 aromatic rings. The molecular weight excluding hydrogens is 250 g/mol. The van der Waals surface area contributed by atoms with Crippen molar-refractivity contribution < 1.29 is 4.79 Å². The molecule has 3 heteroatoms. The Morgan fingerprint density at radius 2 is 1.85 bits per heavy atom. The zero-order chi connectivity index (χ0) is 14.5. The number of aryl methyl sites for hydroxylation is 1. The van der Waals surface area contributed by atoms with Gasteiger partial charge < -0.3 is 4.57 Å². The maximum Gasteiger partial charge on any atom is 0.251 e. The van der Waals surface area contributed by atoms with Crippen molar-refractivity contribution in [3.63, 3.8) is 0 Å². The Hall–Kier alpha value is -1.90. The lowest BCUT2D eigenvalue weighted by atomic mass is 9.73. The monoisotopic (exact) mass is 269 g/mol. The van der Waals surface area contributed by atoms with Crippen LogP contribution in [0.3, 0.4) is 0 Å². The van der Waals surface area contributed by atoms with E-state index in [4.69, 9.17) is 0 Å². The summed E-state index contributed by atoms with van der Waals surface area (Å²) in [5.74, 6) is 0.197. The van der Waals surface area contributed by atoms with Gasteiger partial charge in [-0.15, -0.1) is 0 Å². The van der Waals surface area contributed by atoms with Gasteiger partial charge in [0.25, 0.3) is 5.56 Å². The van der Waals surface area contributed by atoms with Gasteiger partial charge in [0.1, 0.15) is 0 Å². The van der Waals surface area contributed by atoms with Gasteiger partial charge in [-0.2, -0.15) is 0 Å². The SMILES string of the molecule is CCn1c(=O)ccc2c3c(ccc21)CC(C)(C)CC3=O. The Morgan fingerprint density at radius 3 is 2.55 bits per heavy atom. The van der Waals surface area contributed by atoms with E-state index >= 15 is 0 Å². The molecule has 1 aliphatic carbocycles. The van der Waals surface area contributed by atoms with Gasteiger partial charge in [0, 0.05) is 30.0 Å². The second-order valence-corrected chi connectivity index (χ2v) is 6.39. The third kappa shape index (κ3) is 1.89. The first kappa shape index (κ1) is 13.1. The van der Waals surface area contributed by atoms with E-state index in [0.717, 1.165) is 28.5 Å². The molecule has 0 fully saturated rings. The fourth-order valence-corrected chi connectivity index (χ4v) is 3.32. The maximum atomic E-state index is 12.5. The Balaban J connectivity index is 2.36. The quantitative estimate of drug-likeness (QED) is 0.797. The van der Waals surface area contributed by atoms with E-state index < -0.39 is 0 Å². The third-order valence-electron chi connectivity index (χ3n) is 4.16. The average Bonchev–Trinajstić information content (AvgIpc) is 2.36. The van der Waals surface area contributed by atoms with Crippen LogP contribution in [0.25, 0.3) is 10.9 Å². The summed E-state index contributed by atoms with van der Waals surface area (Å²) >= 11 is 0. The molecule has 0 unspecified atom stereocenters. The van der Waals surface area contributed by atoms with Gasteiger partial charge in [-0.25, -0.2) is 0 Å². The summed E-state index contributed by atoms with van der Waals surface area (Å²) < 4.78 is 1.72. The van der Waals surface area contributed by atoms with Crippen molar-refractivity contribution in [2.75, 3.05) is 0 Å². The van der Waals surface area contributed by atoms with Crippen LogP contribution in [0.1, 0.15) is 43.1 Å². The molecule has 0 saturated heterocycles. The van der Waals surface area contributed by atoms with Gasteiger partial charge in [-0.3, -0.25) is 9.59 Å². The highest BCUT2D eigenvalue weighted by molar-refractivity contribution is 6.09. The van der Waals surface area contributed by atoms with Crippen LogP contribution >= 0.6 is 0 Å². The second kappa shape index (κ2) is 4.30. The lowest BCUT2D eigenvalue weighted by Gasteiger charge is -2.31. The number of hydrogen-bond donors (Lipinski definition) is 0. The van der Waals surface area contributed by atoms with Crippen LogP contribution < -0.4 is 5.56 Å². The summed E-state index contributed by atoms with van der Waals surface area (Å²) in [6.07, 6.45) is 1.49. The van der Waals surface area contributed by atoms with Crippen molar-refractivity contribution >= 4 is 16.7 Å². The Morgan fingerprint density at radius 1 is 1.10 bits per heavy atom. The van der Waals surface area contributed by atoms with Crippen molar-refractivity contribution in [1.29, 1.82) is 0 Å². The first-order valence-corrected chi connectivity index (χ1v) is 7.11. The Kier molecular flexibility index (Phi) is 2.82. The van der Waals surface area contributed by atoms with Crippen LogP contribution in [-0.4, -0.2) is 10.4 Å². The number of fused-ring (bicyclic) bond motifs is 3. The summed E-state index contributed by atoms with van der Waals surface area (Å²) in [6.45, 7) is 6.83. The number of benzene rings is 1. The number of carbonyl (C=O) groups is 1. The summed E-state index contributed by atoms with van der Waals surface area (Å²) in [4.78, 5) is 24.4. The average molecular weight is 269 g/mol. The van der Waals surface area contributed by atoms with Gasteiger partial charge in [-0.05, 0) is 36.5 Å². The lowest BCUT2D eigenvalue weighted by molar-refractivity contribution is 0.0914. The Bertz CT molecular complexity index is 768. The van der Waals surface area contributed by atoms with E-state index in [1.807, 2.05) is 19.1 Å². The van der Waals surface area contributed by atoms with Crippen molar-refractivity contribution in [2.45, 2.75) is 40.2 Å². The molecule has 0 aliphatic heterocycles. The molecule has 0 atom stereocenters. The summed E-state index contributed by atoms with van der Waals surface area (Å²) in [6, 6.07) is 7.37. The fourth-order valence-electron chi connectivity index (χ4n) is 3.32. The number of Topliss-reactive ketones (excluding diaryl/α,β-unsaturated/α-hetero) is 1. The number of pyridine rings is 1. The van der Waals surface area contributed by atoms with Crippen LogP contribution in [0, 0.1) is 5.41 Å². The molecule has 1 aromatic heterocycles. The first-order valence-electron chi connectivity index (χ1n) is 7.11. The van der Waals surface area contributed by atoms with Crippen LogP contribution in [0.15, 0.2) is 29.1 Å². The highest BCUT2D eigenvalue weighted by Crippen LogP contribution is 2.37. The van der Waals surface area contributed by atoms with Gasteiger partial charge in [0.2, 0.25) is 0 Å². The van der Waals surface area contributed by atoms with Crippen LogP contribution in [0.4, 0.5) is 0 Å². The smallest absolute Gasteiger partial charge is 0.251 e. The second-order valence-electron chi connectivity index (χ2n) is 6.39. The highest BCUT2D eigenvalue weighted by atomic mass is 16.1. The van der Waals surface area contributed by atoms with E-state index in [9.17, 15) is 9.59 Å². The molecule has 1 heterocycles. The molecule has 20 heavy (non-hydrogen) atoms. The number of aromatic nitrogens is 1. The predicted octanol–water partition coefficient (Wildman–Crippen LogP) is 3.18. The number of ketones is 1. The van der Waals surface area contributed by atoms with Gasteiger partial charge in [0.05, 0.1) is 5.52 Å². The molecule has 0 amide bonds. The van der Waals surface area contributed by atoms with Crippen LogP contribution in [-0.2, 0) is 13.0 Å². The van der Waals surface area contributed by atoms with E-state index in [1.165, 1.54) is 0 Å². The zero-order valence-electron chi connectivity index (χ0n) is 12.2.